The highest BCUT2D eigenvalue weighted by Gasteiger charge is 2.48. The van der Waals surface area contributed by atoms with Gasteiger partial charge in [-0.3, -0.25) is 0 Å². The molecular formula is C72H63BN4. The highest BCUT2D eigenvalue weighted by atomic mass is 15.2. The molecule has 0 unspecified atom stereocenters. The van der Waals surface area contributed by atoms with Gasteiger partial charge in [0.05, 0.1) is 17.1 Å². The van der Waals surface area contributed by atoms with Crippen molar-refractivity contribution in [3.8, 4) is 11.1 Å². The van der Waals surface area contributed by atoms with Crippen molar-refractivity contribution in [1.29, 1.82) is 0 Å². The lowest BCUT2D eigenvalue weighted by Crippen LogP contribution is -2.57. The van der Waals surface area contributed by atoms with Crippen LogP contribution >= 0.6 is 0 Å². The van der Waals surface area contributed by atoms with Gasteiger partial charge in [-0.2, -0.15) is 0 Å². The smallest absolute Gasteiger partial charge is 0.333 e. The molecule has 15 rings (SSSR count). The maximum Gasteiger partial charge on any atom is 0.333 e. The minimum atomic E-state index is -0.330. The minimum Gasteiger partial charge on any atom is -0.375 e. The van der Waals surface area contributed by atoms with Crippen molar-refractivity contribution in [2.75, 3.05) is 14.7 Å². The van der Waals surface area contributed by atoms with E-state index >= 15 is 0 Å². The number of benzene rings is 10. The van der Waals surface area contributed by atoms with Gasteiger partial charge in [-0.25, -0.2) is 0 Å². The van der Waals surface area contributed by atoms with Crippen molar-refractivity contribution in [2.24, 2.45) is 0 Å². The predicted molar refractivity (Wildman–Crippen MR) is 329 cm³/mol. The van der Waals surface area contributed by atoms with Crippen LogP contribution < -0.4 is 25.6 Å². The molecule has 0 spiro atoms. The Morgan fingerprint density at radius 2 is 0.922 bits per heavy atom. The van der Waals surface area contributed by atoms with Crippen LogP contribution in [0.4, 0.5) is 51.2 Å². The number of fused-ring (bicyclic) bond motifs is 13. The summed E-state index contributed by atoms with van der Waals surface area (Å²) in [5.41, 5.74) is 25.9. The molecule has 0 saturated carbocycles. The standard InChI is InChI=1S/C72H63BN4/c1-69(2,3)45-33-35-59-51(38-45)52-39-46(70(4,5)6)40-53-66-50-28-18-17-23-44(50)37-65-67(66)73(77(59)68(52)53)58-43-63-57(72(9,10)55-30-20-22-32-61(55)75(63)48-26-15-12-16-27-48)42-64(58)76(65)49-34-36-62-56(41-49)71(7,8)54-29-19-21-31-60(54)74(62)47-24-13-11-14-25-47/h11-43H,1-10H3. The van der Waals surface area contributed by atoms with Gasteiger partial charge in [0, 0.05) is 72.3 Å². The molecular weight excluding hydrogens is 932 g/mol. The van der Waals surface area contributed by atoms with E-state index in [2.05, 4.69) is 289 Å². The third-order valence-electron chi connectivity index (χ3n) is 18.2. The first-order chi connectivity index (χ1) is 37.0. The Labute approximate surface area is 454 Å². The molecule has 5 heterocycles. The minimum absolute atomic E-state index is 0.0236. The number of nitrogens with zero attached hydrogens (tertiary/aromatic N) is 4. The van der Waals surface area contributed by atoms with E-state index in [1.165, 1.54) is 122 Å². The zero-order chi connectivity index (χ0) is 52.7. The summed E-state index contributed by atoms with van der Waals surface area (Å²) in [6.45, 7) is 23.7. The summed E-state index contributed by atoms with van der Waals surface area (Å²) in [5, 5.41) is 5.19. The van der Waals surface area contributed by atoms with Gasteiger partial charge >= 0.3 is 6.85 Å². The summed E-state index contributed by atoms with van der Waals surface area (Å²) in [6, 6.07) is 76.8. The largest absolute Gasteiger partial charge is 0.375 e. The van der Waals surface area contributed by atoms with E-state index in [1.807, 2.05) is 0 Å². The van der Waals surface area contributed by atoms with Crippen LogP contribution in [-0.2, 0) is 21.7 Å². The monoisotopic (exact) mass is 995 g/mol. The molecule has 0 saturated heterocycles. The molecule has 0 fully saturated rings. The van der Waals surface area contributed by atoms with Crippen LogP contribution in [0.5, 0.6) is 0 Å². The highest BCUT2D eigenvalue weighted by Crippen LogP contribution is 2.58. The molecule has 0 N–H and O–H groups in total. The van der Waals surface area contributed by atoms with Gasteiger partial charge < -0.3 is 19.2 Å². The van der Waals surface area contributed by atoms with Crippen LogP contribution in [-0.4, -0.2) is 11.3 Å². The second-order valence-corrected chi connectivity index (χ2v) is 25.4. The lowest BCUT2D eigenvalue weighted by atomic mass is 9.44. The number of rotatable bonds is 3. The first kappa shape index (κ1) is 46.1. The molecule has 0 amide bonds. The lowest BCUT2D eigenvalue weighted by molar-refractivity contribution is 0.590. The second-order valence-electron chi connectivity index (χ2n) is 25.4. The van der Waals surface area contributed by atoms with Gasteiger partial charge in [0.25, 0.3) is 0 Å². The lowest BCUT2D eigenvalue weighted by Gasteiger charge is -2.46. The van der Waals surface area contributed by atoms with Crippen LogP contribution in [0.2, 0.25) is 0 Å². The number of para-hydroxylation sites is 4. The van der Waals surface area contributed by atoms with Gasteiger partial charge in [0.15, 0.2) is 0 Å². The number of hydrogen-bond donors (Lipinski definition) is 0. The Balaban J connectivity index is 1.10. The van der Waals surface area contributed by atoms with Crippen LogP contribution in [0.1, 0.15) is 103 Å². The van der Waals surface area contributed by atoms with E-state index in [9.17, 15) is 0 Å². The molecule has 5 heteroatoms. The fraction of sp³-hybridized carbons (Fsp3) is 0.194. The van der Waals surface area contributed by atoms with Crippen LogP contribution in [0.3, 0.4) is 0 Å². The first-order valence-corrected chi connectivity index (χ1v) is 27.7. The molecule has 4 aliphatic heterocycles. The van der Waals surface area contributed by atoms with Gasteiger partial charge in [0.2, 0.25) is 0 Å². The topological polar surface area (TPSA) is 14.7 Å². The SMILES string of the molecule is CC(C)(C)c1ccc2c(c1)c1cc(C(C)(C)C)cc3c1n2B1c2cc4c(cc2N(c2ccc5c(c2)C(C)(C)c2ccccc2N5c2ccccc2)c2cc5ccccc5c-3c21)C(C)(C)c1ccccc1N4c1ccccc1. The van der Waals surface area contributed by atoms with Crippen molar-refractivity contribution in [3.63, 3.8) is 0 Å². The van der Waals surface area contributed by atoms with Gasteiger partial charge in [-0.1, -0.05) is 172 Å². The van der Waals surface area contributed by atoms with Crippen LogP contribution in [0, 0.1) is 0 Å². The maximum atomic E-state index is 2.77. The molecule has 0 bridgehead atoms. The average Bonchev–Trinajstić information content (AvgIpc) is 3.79. The number of hydrogen-bond acceptors (Lipinski definition) is 3. The first-order valence-electron chi connectivity index (χ1n) is 27.7. The van der Waals surface area contributed by atoms with Crippen molar-refractivity contribution in [3.05, 3.63) is 234 Å². The molecule has 0 radical (unpaired) electrons. The summed E-state index contributed by atoms with van der Waals surface area (Å²) in [6.07, 6.45) is 0. The van der Waals surface area contributed by atoms with E-state index in [-0.39, 0.29) is 28.5 Å². The Hall–Kier alpha value is -8.28. The van der Waals surface area contributed by atoms with Crippen molar-refractivity contribution >= 4 is 102 Å². The Morgan fingerprint density at radius 1 is 0.377 bits per heavy atom. The van der Waals surface area contributed by atoms with E-state index in [4.69, 9.17) is 0 Å². The fourth-order valence-electron chi connectivity index (χ4n) is 14.2. The summed E-state index contributed by atoms with van der Waals surface area (Å²) >= 11 is 0. The Bertz CT molecular complexity index is 4320. The van der Waals surface area contributed by atoms with Gasteiger partial charge in [-0.15, -0.1) is 0 Å². The molecule has 1 aromatic heterocycles. The average molecular weight is 995 g/mol. The van der Waals surface area contributed by atoms with Gasteiger partial charge in [0.1, 0.15) is 0 Å². The van der Waals surface area contributed by atoms with E-state index in [0.717, 1.165) is 17.1 Å². The summed E-state index contributed by atoms with van der Waals surface area (Å²) in [5.74, 6) is 0. The second kappa shape index (κ2) is 15.7. The molecule has 374 valence electrons. The summed E-state index contributed by atoms with van der Waals surface area (Å²) < 4.78 is 2.77. The quantitative estimate of drug-likeness (QED) is 0.164. The molecule has 0 aliphatic carbocycles. The van der Waals surface area contributed by atoms with Crippen LogP contribution in [0.15, 0.2) is 200 Å². The molecule has 4 nitrogen and oxygen atoms in total. The number of aromatic nitrogens is 1. The molecule has 11 aromatic rings. The highest BCUT2D eigenvalue weighted by molar-refractivity contribution is 6.90. The van der Waals surface area contributed by atoms with Crippen molar-refractivity contribution in [2.45, 2.75) is 90.9 Å². The van der Waals surface area contributed by atoms with Crippen molar-refractivity contribution in [1.82, 2.24) is 4.48 Å². The molecule has 77 heavy (non-hydrogen) atoms. The third-order valence-corrected chi connectivity index (χ3v) is 18.2. The summed E-state index contributed by atoms with van der Waals surface area (Å²) in [7, 11) is 0. The summed E-state index contributed by atoms with van der Waals surface area (Å²) in [4.78, 5) is 7.69. The molecule has 10 aromatic carbocycles. The zero-order valence-corrected chi connectivity index (χ0v) is 45.9. The fourth-order valence-corrected chi connectivity index (χ4v) is 14.2. The maximum absolute atomic E-state index is 2.77. The molecule has 4 aliphatic rings. The van der Waals surface area contributed by atoms with Gasteiger partial charge in [-0.05, 0) is 169 Å². The Morgan fingerprint density at radius 3 is 1.57 bits per heavy atom. The third kappa shape index (κ3) is 6.35. The zero-order valence-electron chi connectivity index (χ0n) is 45.9. The Kier molecular flexibility index (Phi) is 9.37. The predicted octanol–water partition coefficient (Wildman–Crippen LogP) is 18.2. The normalized spacial score (nSPS) is 15.5. The van der Waals surface area contributed by atoms with E-state index < -0.39 is 0 Å². The van der Waals surface area contributed by atoms with Crippen LogP contribution in [0.25, 0.3) is 43.7 Å². The van der Waals surface area contributed by atoms with E-state index in [0.29, 0.717) is 0 Å². The van der Waals surface area contributed by atoms with Crippen molar-refractivity contribution < 1.29 is 0 Å². The molecule has 0 atom stereocenters. The van der Waals surface area contributed by atoms with E-state index in [1.54, 1.807) is 0 Å². The number of anilines is 9.